The number of nitrogens with one attached hydrogen (secondary N) is 2. The largest absolute Gasteiger partial charge is 0.347 e. The fourth-order valence-electron chi connectivity index (χ4n) is 2.18. The van der Waals surface area contributed by atoms with Crippen LogP contribution >= 0.6 is 0 Å². The zero-order valence-electron chi connectivity index (χ0n) is 14.5. The van der Waals surface area contributed by atoms with E-state index in [0.29, 0.717) is 6.42 Å². The second-order valence-corrected chi connectivity index (χ2v) is 5.73. The number of carbonyl (C=O) groups excluding carboxylic acids is 2. The Morgan fingerprint density at radius 1 is 1.12 bits per heavy atom. The molecular weight excluding hydrogens is 304 g/mol. The van der Waals surface area contributed by atoms with Crippen molar-refractivity contribution in [1.29, 1.82) is 0 Å². The Labute approximate surface area is 144 Å². The van der Waals surface area contributed by atoms with Gasteiger partial charge < -0.3 is 5.32 Å². The minimum atomic E-state index is -0.344. The molecule has 6 nitrogen and oxygen atoms in total. The first-order valence-corrected chi connectivity index (χ1v) is 8.71. The summed E-state index contributed by atoms with van der Waals surface area (Å²) in [7, 11) is 0. The van der Waals surface area contributed by atoms with Crippen LogP contribution in [0.2, 0.25) is 0 Å². The maximum Gasteiger partial charge on any atom is 0.259 e. The molecule has 0 atom stereocenters. The zero-order valence-corrected chi connectivity index (χ0v) is 14.5. The average molecular weight is 332 g/mol. The Morgan fingerprint density at radius 2 is 1.88 bits per heavy atom. The topological polar surface area (TPSA) is 83.5 Å². The van der Waals surface area contributed by atoms with Crippen LogP contribution in [0.25, 0.3) is 0 Å². The van der Waals surface area contributed by atoms with E-state index in [1.54, 1.807) is 18.5 Å². The minimum absolute atomic E-state index is 0.0558. The van der Waals surface area contributed by atoms with Gasteiger partial charge in [0.2, 0.25) is 5.91 Å². The maximum atomic E-state index is 11.6. The highest BCUT2D eigenvalue weighted by Gasteiger charge is 2.04. The molecule has 24 heavy (non-hydrogen) atoms. The van der Waals surface area contributed by atoms with Crippen LogP contribution in [0.5, 0.6) is 0 Å². The fourth-order valence-corrected chi connectivity index (χ4v) is 2.18. The van der Waals surface area contributed by atoms with Gasteiger partial charge in [0.05, 0.1) is 12.8 Å². The van der Waals surface area contributed by atoms with E-state index in [1.807, 2.05) is 6.07 Å². The third-order valence-electron chi connectivity index (χ3n) is 3.54. The summed E-state index contributed by atoms with van der Waals surface area (Å²) in [5.74, 6) is -0.432. The summed E-state index contributed by atoms with van der Waals surface area (Å²) in [6.07, 6.45) is 13.5. The number of nitrogens with zero attached hydrogens (tertiary/aromatic N) is 2. The van der Waals surface area contributed by atoms with E-state index in [-0.39, 0.29) is 18.4 Å². The van der Waals surface area contributed by atoms with Crippen molar-refractivity contribution in [1.82, 2.24) is 15.7 Å². The van der Waals surface area contributed by atoms with Gasteiger partial charge in [0.25, 0.3) is 5.91 Å². The molecule has 1 heterocycles. The van der Waals surface area contributed by atoms with Gasteiger partial charge in [-0.25, -0.2) is 5.43 Å². The molecule has 0 unspecified atom stereocenters. The Balaban J connectivity index is 2.03. The molecule has 132 valence electrons. The van der Waals surface area contributed by atoms with Crippen LogP contribution in [-0.4, -0.2) is 29.6 Å². The standard InChI is InChI=1S/C18H28N4O2/c1-2-3-4-5-6-7-8-11-17(23)20-15-18(24)22-21-14-16-10-9-12-19-13-16/h9-10,12-14H,2-8,11,15H2,1H3,(H,20,23)(H,22,24)/b21-14+. The van der Waals surface area contributed by atoms with Crippen molar-refractivity contribution in [3.8, 4) is 0 Å². The van der Waals surface area contributed by atoms with Crippen molar-refractivity contribution in [2.45, 2.75) is 58.3 Å². The molecule has 0 aliphatic heterocycles. The number of carbonyl (C=O) groups is 2. The van der Waals surface area contributed by atoms with Gasteiger partial charge in [-0.2, -0.15) is 5.10 Å². The molecule has 1 aromatic heterocycles. The molecule has 2 amide bonds. The molecule has 1 aromatic rings. The molecule has 0 aliphatic rings. The molecule has 0 aromatic carbocycles. The third-order valence-corrected chi connectivity index (χ3v) is 3.54. The van der Waals surface area contributed by atoms with Crippen molar-refractivity contribution in [3.63, 3.8) is 0 Å². The van der Waals surface area contributed by atoms with Crippen molar-refractivity contribution in [2.24, 2.45) is 5.10 Å². The first-order valence-electron chi connectivity index (χ1n) is 8.71. The Hall–Kier alpha value is -2.24. The second kappa shape index (κ2) is 13.2. The summed E-state index contributed by atoms with van der Waals surface area (Å²) in [5, 5.41) is 6.42. The van der Waals surface area contributed by atoms with E-state index in [2.05, 4.69) is 27.8 Å². The van der Waals surface area contributed by atoms with Crippen molar-refractivity contribution in [2.75, 3.05) is 6.54 Å². The maximum absolute atomic E-state index is 11.6. The summed E-state index contributed by atoms with van der Waals surface area (Å²) in [4.78, 5) is 27.1. The van der Waals surface area contributed by atoms with Crippen molar-refractivity contribution in [3.05, 3.63) is 30.1 Å². The summed E-state index contributed by atoms with van der Waals surface area (Å²) < 4.78 is 0. The minimum Gasteiger partial charge on any atom is -0.347 e. The highest BCUT2D eigenvalue weighted by atomic mass is 16.2. The van der Waals surface area contributed by atoms with Crippen LogP contribution in [0.3, 0.4) is 0 Å². The Kier molecular flexibility index (Phi) is 10.9. The van der Waals surface area contributed by atoms with Crippen LogP contribution in [0.15, 0.2) is 29.6 Å². The lowest BCUT2D eigenvalue weighted by Crippen LogP contribution is -2.34. The summed E-state index contributed by atoms with van der Waals surface area (Å²) in [5.41, 5.74) is 3.16. The third kappa shape index (κ3) is 10.5. The molecule has 0 saturated heterocycles. The fraction of sp³-hybridized carbons (Fsp3) is 0.556. The summed E-state index contributed by atoms with van der Waals surface area (Å²) in [6.45, 7) is 2.14. The van der Waals surface area contributed by atoms with Gasteiger partial charge >= 0.3 is 0 Å². The van der Waals surface area contributed by atoms with Gasteiger partial charge in [0, 0.05) is 24.4 Å². The molecule has 0 saturated carbocycles. The Bertz CT molecular complexity index is 503. The number of hydrogen-bond donors (Lipinski definition) is 2. The molecular formula is C18H28N4O2. The lowest BCUT2D eigenvalue weighted by molar-refractivity contribution is -0.126. The molecule has 0 bridgehead atoms. The number of rotatable bonds is 12. The molecule has 0 aliphatic carbocycles. The smallest absolute Gasteiger partial charge is 0.259 e. The molecule has 0 spiro atoms. The zero-order chi connectivity index (χ0) is 17.5. The molecule has 1 rings (SSSR count). The highest BCUT2D eigenvalue weighted by molar-refractivity contribution is 5.86. The van der Waals surface area contributed by atoms with Crippen molar-refractivity contribution >= 4 is 18.0 Å². The van der Waals surface area contributed by atoms with Crippen LogP contribution in [0.1, 0.15) is 63.9 Å². The van der Waals surface area contributed by atoms with E-state index in [1.165, 1.54) is 38.3 Å². The lowest BCUT2D eigenvalue weighted by atomic mass is 10.1. The van der Waals surface area contributed by atoms with Crippen LogP contribution in [0, 0.1) is 0 Å². The van der Waals surface area contributed by atoms with Gasteiger partial charge in [-0.15, -0.1) is 0 Å². The molecule has 2 N–H and O–H groups in total. The normalized spacial score (nSPS) is 10.7. The molecule has 0 radical (unpaired) electrons. The van der Waals surface area contributed by atoms with Gasteiger partial charge in [0.15, 0.2) is 0 Å². The molecule has 6 heteroatoms. The van der Waals surface area contributed by atoms with Gasteiger partial charge in [0.1, 0.15) is 0 Å². The quantitative estimate of drug-likeness (QED) is 0.351. The molecule has 0 fully saturated rings. The van der Waals surface area contributed by atoms with Crippen molar-refractivity contribution < 1.29 is 9.59 Å². The number of hydrogen-bond acceptors (Lipinski definition) is 4. The summed E-state index contributed by atoms with van der Waals surface area (Å²) in [6, 6.07) is 3.61. The van der Waals surface area contributed by atoms with Crippen LogP contribution < -0.4 is 10.7 Å². The second-order valence-electron chi connectivity index (χ2n) is 5.73. The van der Waals surface area contributed by atoms with Gasteiger partial charge in [-0.05, 0) is 12.5 Å². The van der Waals surface area contributed by atoms with Crippen LogP contribution in [-0.2, 0) is 9.59 Å². The van der Waals surface area contributed by atoms with E-state index in [9.17, 15) is 9.59 Å². The van der Waals surface area contributed by atoms with Gasteiger partial charge in [-0.3, -0.25) is 14.6 Å². The first-order chi connectivity index (χ1) is 11.7. The van der Waals surface area contributed by atoms with E-state index in [4.69, 9.17) is 0 Å². The van der Waals surface area contributed by atoms with Gasteiger partial charge in [-0.1, -0.05) is 51.5 Å². The SMILES string of the molecule is CCCCCCCCCC(=O)NCC(=O)N/N=C/c1cccnc1. The monoisotopic (exact) mass is 332 g/mol. The lowest BCUT2D eigenvalue weighted by Gasteiger charge is -2.04. The number of aromatic nitrogens is 1. The average Bonchev–Trinajstić information content (AvgIpc) is 2.60. The predicted molar refractivity (Wildman–Crippen MR) is 95.6 cm³/mol. The Morgan fingerprint density at radius 3 is 2.58 bits per heavy atom. The van der Waals surface area contributed by atoms with E-state index >= 15 is 0 Å². The first kappa shape index (κ1) is 19.8. The van der Waals surface area contributed by atoms with E-state index < -0.39 is 0 Å². The van der Waals surface area contributed by atoms with Crippen LogP contribution in [0.4, 0.5) is 0 Å². The highest BCUT2D eigenvalue weighted by Crippen LogP contribution is 2.08. The summed E-state index contributed by atoms with van der Waals surface area (Å²) >= 11 is 0. The number of hydrazone groups is 1. The predicted octanol–water partition coefficient (Wildman–Crippen LogP) is 2.79. The number of amides is 2. The number of unbranched alkanes of at least 4 members (excludes halogenated alkanes) is 6. The van der Waals surface area contributed by atoms with E-state index in [0.717, 1.165) is 18.4 Å². The number of pyridine rings is 1.